The SMILES string of the molecule is CCOC(=O)c1ccccc1Cc1nccc2cc(OC)c(OC)cc12. The molecule has 0 fully saturated rings. The fourth-order valence-electron chi connectivity index (χ4n) is 2.96. The molecule has 1 heterocycles. The topological polar surface area (TPSA) is 57.7 Å². The predicted octanol–water partition coefficient (Wildman–Crippen LogP) is 4.02. The van der Waals surface area contributed by atoms with E-state index in [0.717, 1.165) is 22.0 Å². The van der Waals surface area contributed by atoms with Gasteiger partial charge >= 0.3 is 5.97 Å². The molecule has 0 aliphatic heterocycles. The maximum Gasteiger partial charge on any atom is 0.338 e. The van der Waals surface area contributed by atoms with Crippen LogP contribution in [0.25, 0.3) is 10.8 Å². The number of rotatable bonds is 6. The lowest BCUT2D eigenvalue weighted by Crippen LogP contribution is -2.09. The van der Waals surface area contributed by atoms with Gasteiger partial charge in [0.2, 0.25) is 0 Å². The molecule has 0 aliphatic rings. The lowest BCUT2D eigenvalue weighted by Gasteiger charge is -2.13. The van der Waals surface area contributed by atoms with Crippen LogP contribution in [0.1, 0.15) is 28.5 Å². The first-order valence-electron chi connectivity index (χ1n) is 8.42. The fraction of sp³-hybridized carbons (Fsp3) is 0.238. The number of nitrogens with zero attached hydrogens (tertiary/aromatic N) is 1. The number of benzene rings is 2. The third-order valence-electron chi connectivity index (χ3n) is 4.22. The number of hydrogen-bond donors (Lipinski definition) is 0. The van der Waals surface area contributed by atoms with Crippen molar-refractivity contribution in [3.05, 3.63) is 65.5 Å². The van der Waals surface area contributed by atoms with Crippen molar-refractivity contribution in [2.24, 2.45) is 0 Å². The summed E-state index contributed by atoms with van der Waals surface area (Å²) >= 11 is 0. The van der Waals surface area contributed by atoms with Crippen molar-refractivity contribution in [2.75, 3.05) is 20.8 Å². The number of carbonyl (C=O) groups excluding carboxylic acids is 1. The van der Waals surface area contributed by atoms with Crippen molar-refractivity contribution >= 4 is 16.7 Å². The predicted molar refractivity (Wildman–Crippen MR) is 100 cm³/mol. The molecular weight excluding hydrogens is 330 g/mol. The number of hydrogen-bond acceptors (Lipinski definition) is 5. The molecule has 0 aliphatic carbocycles. The number of ether oxygens (including phenoxy) is 3. The van der Waals surface area contributed by atoms with Crippen molar-refractivity contribution in [2.45, 2.75) is 13.3 Å². The van der Waals surface area contributed by atoms with Crippen LogP contribution in [0.5, 0.6) is 11.5 Å². The Labute approximate surface area is 152 Å². The Bertz CT molecular complexity index is 936. The number of methoxy groups -OCH3 is 2. The zero-order valence-electron chi connectivity index (χ0n) is 15.1. The molecule has 3 aromatic rings. The molecule has 0 saturated heterocycles. The van der Waals surface area contributed by atoms with Crippen LogP contribution in [0.4, 0.5) is 0 Å². The summed E-state index contributed by atoms with van der Waals surface area (Å²) in [5.74, 6) is 1.000. The van der Waals surface area contributed by atoms with Crippen molar-refractivity contribution < 1.29 is 19.0 Å². The molecule has 1 aromatic heterocycles. The average molecular weight is 351 g/mol. The first-order chi connectivity index (χ1) is 12.7. The quantitative estimate of drug-likeness (QED) is 0.628. The van der Waals surface area contributed by atoms with Gasteiger partial charge in [0.1, 0.15) is 0 Å². The Kier molecular flexibility index (Phi) is 5.37. The average Bonchev–Trinajstić information content (AvgIpc) is 2.67. The summed E-state index contributed by atoms with van der Waals surface area (Å²) in [6.45, 7) is 2.14. The summed E-state index contributed by atoms with van der Waals surface area (Å²) in [6, 6.07) is 13.2. The van der Waals surface area contributed by atoms with E-state index in [-0.39, 0.29) is 5.97 Å². The van der Waals surface area contributed by atoms with Gasteiger partial charge in [-0.1, -0.05) is 18.2 Å². The van der Waals surface area contributed by atoms with Gasteiger partial charge in [0.05, 0.1) is 32.1 Å². The van der Waals surface area contributed by atoms with E-state index in [1.54, 1.807) is 33.4 Å². The smallest absolute Gasteiger partial charge is 0.338 e. The van der Waals surface area contributed by atoms with Crippen LogP contribution in [0, 0.1) is 0 Å². The Balaban J connectivity index is 2.06. The molecule has 5 heteroatoms. The fourth-order valence-corrected chi connectivity index (χ4v) is 2.96. The summed E-state index contributed by atoms with van der Waals surface area (Å²) in [6.07, 6.45) is 2.28. The van der Waals surface area contributed by atoms with Gasteiger partial charge in [-0.3, -0.25) is 4.98 Å². The maximum absolute atomic E-state index is 12.2. The Morgan fingerprint density at radius 3 is 2.50 bits per heavy atom. The van der Waals surface area contributed by atoms with Crippen molar-refractivity contribution in [1.29, 1.82) is 0 Å². The van der Waals surface area contributed by atoms with Crippen LogP contribution in [0.3, 0.4) is 0 Å². The van der Waals surface area contributed by atoms with E-state index in [9.17, 15) is 4.79 Å². The second kappa shape index (κ2) is 7.87. The number of pyridine rings is 1. The molecule has 0 spiro atoms. The minimum atomic E-state index is -0.317. The van der Waals surface area contributed by atoms with E-state index < -0.39 is 0 Å². The lowest BCUT2D eigenvalue weighted by molar-refractivity contribution is 0.0525. The van der Waals surface area contributed by atoms with Crippen molar-refractivity contribution in [1.82, 2.24) is 4.98 Å². The van der Waals surface area contributed by atoms with Crippen molar-refractivity contribution in [3.63, 3.8) is 0 Å². The van der Waals surface area contributed by atoms with E-state index in [1.165, 1.54) is 0 Å². The van der Waals surface area contributed by atoms with E-state index in [1.807, 2.05) is 36.4 Å². The van der Waals surface area contributed by atoms with Gasteiger partial charge in [-0.2, -0.15) is 0 Å². The first kappa shape index (κ1) is 17.7. The summed E-state index contributed by atoms with van der Waals surface area (Å²) in [7, 11) is 3.22. The zero-order valence-corrected chi connectivity index (χ0v) is 15.1. The van der Waals surface area contributed by atoms with E-state index in [4.69, 9.17) is 14.2 Å². The molecule has 5 nitrogen and oxygen atoms in total. The van der Waals surface area contributed by atoms with Crippen LogP contribution < -0.4 is 9.47 Å². The third-order valence-corrected chi connectivity index (χ3v) is 4.22. The molecule has 0 atom stereocenters. The highest BCUT2D eigenvalue weighted by Crippen LogP contribution is 2.33. The van der Waals surface area contributed by atoms with Crippen molar-refractivity contribution in [3.8, 4) is 11.5 Å². The number of aromatic nitrogens is 1. The number of fused-ring (bicyclic) bond motifs is 1. The molecule has 0 amide bonds. The van der Waals surface area contributed by atoms with E-state index in [0.29, 0.717) is 30.1 Å². The van der Waals surface area contributed by atoms with Crippen LogP contribution in [-0.4, -0.2) is 31.8 Å². The van der Waals surface area contributed by atoms with Gasteiger partial charge in [0, 0.05) is 18.0 Å². The van der Waals surface area contributed by atoms with Crippen LogP contribution >= 0.6 is 0 Å². The summed E-state index contributed by atoms with van der Waals surface area (Å²) in [5.41, 5.74) is 2.30. The Hall–Kier alpha value is -3.08. The molecule has 3 rings (SSSR count). The minimum Gasteiger partial charge on any atom is -0.493 e. The second-order valence-electron chi connectivity index (χ2n) is 5.74. The summed E-state index contributed by atoms with van der Waals surface area (Å²) < 4.78 is 16.0. The van der Waals surface area contributed by atoms with Gasteiger partial charge in [-0.25, -0.2) is 4.79 Å². The van der Waals surface area contributed by atoms with Gasteiger partial charge in [-0.15, -0.1) is 0 Å². The highest BCUT2D eigenvalue weighted by Gasteiger charge is 2.15. The standard InChI is InChI=1S/C21H21NO4/c1-4-26-21(23)16-8-6-5-7-14(16)11-18-17-13-20(25-3)19(24-2)12-15(17)9-10-22-18/h5-10,12-13H,4,11H2,1-3H3. The van der Waals surface area contributed by atoms with Gasteiger partial charge in [-0.05, 0) is 42.1 Å². The van der Waals surface area contributed by atoms with Gasteiger partial charge < -0.3 is 14.2 Å². The molecule has 26 heavy (non-hydrogen) atoms. The van der Waals surface area contributed by atoms with Gasteiger partial charge in [0.15, 0.2) is 11.5 Å². The highest BCUT2D eigenvalue weighted by atomic mass is 16.5. The van der Waals surface area contributed by atoms with Crippen LogP contribution in [0.15, 0.2) is 48.7 Å². The monoisotopic (exact) mass is 351 g/mol. The van der Waals surface area contributed by atoms with Crippen LogP contribution in [-0.2, 0) is 11.2 Å². The lowest BCUT2D eigenvalue weighted by atomic mass is 9.99. The second-order valence-corrected chi connectivity index (χ2v) is 5.74. The molecule has 0 radical (unpaired) electrons. The minimum absolute atomic E-state index is 0.317. The third kappa shape index (κ3) is 3.47. The highest BCUT2D eigenvalue weighted by molar-refractivity contribution is 5.92. The Morgan fingerprint density at radius 2 is 1.77 bits per heavy atom. The Morgan fingerprint density at radius 1 is 1.04 bits per heavy atom. The van der Waals surface area contributed by atoms with E-state index in [2.05, 4.69) is 4.98 Å². The zero-order chi connectivity index (χ0) is 18.5. The number of esters is 1. The molecule has 0 bridgehead atoms. The molecule has 0 N–H and O–H groups in total. The summed E-state index contributed by atoms with van der Waals surface area (Å²) in [4.78, 5) is 16.8. The first-order valence-corrected chi connectivity index (χ1v) is 8.42. The largest absolute Gasteiger partial charge is 0.493 e. The molecular formula is C21H21NO4. The molecule has 134 valence electrons. The normalized spacial score (nSPS) is 10.6. The molecule has 2 aromatic carbocycles. The van der Waals surface area contributed by atoms with Gasteiger partial charge in [0.25, 0.3) is 0 Å². The van der Waals surface area contributed by atoms with Crippen LogP contribution in [0.2, 0.25) is 0 Å². The number of carbonyl (C=O) groups is 1. The van der Waals surface area contributed by atoms with E-state index >= 15 is 0 Å². The maximum atomic E-state index is 12.2. The molecule has 0 saturated carbocycles. The summed E-state index contributed by atoms with van der Waals surface area (Å²) in [5, 5.41) is 1.96. The molecule has 0 unspecified atom stereocenters.